The fourth-order valence-corrected chi connectivity index (χ4v) is 2.21. The lowest BCUT2D eigenvalue weighted by molar-refractivity contribution is -0.384. The minimum atomic E-state index is -0.400. The van der Waals surface area contributed by atoms with Gasteiger partial charge in [-0.15, -0.1) is 0 Å². The summed E-state index contributed by atoms with van der Waals surface area (Å²) in [5, 5.41) is 12.5. The Morgan fingerprint density at radius 3 is 2.74 bits per heavy atom. The highest BCUT2D eigenvalue weighted by atomic mass is 35.5. The van der Waals surface area contributed by atoms with Crippen molar-refractivity contribution in [2.24, 2.45) is 0 Å². The van der Waals surface area contributed by atoms with Crippen LogP contribution in [0.2, 0.25) is 5.02 Å². The van der Waals surface area contributed by atoms with Gasteiger partial charge in [0.1, 0.15) is 0 Å². The number of nitro groups is 1. The third kappa shape index (κ3) is 2.18. The molecule has 19 heavy (non-hydrogen) atoms. The summed E-state index contributed by atoms with van der Waals surface area (Å²) < 4.78 is 0. The molecule has 4 nitrogen and oxygen atoms in total. The van der Waals surface area contributed by atoms with E-state index in [-0.39, 0.29) is 5.69 Å². The lowest BCUT2D eigenvalue weighted by Crippen LogP contribution is -1.87. The number of H-pyrrole nitrogens is 1. The Balaban J connectivity index is 2.13. The van der Waals surface area contributed by atoms with Crippen LogP contribution in [0.25, 0.3) is 22.2 Å². The predicted octanol–water partition coefficient (Wildman–Crippen LogP) is 4.40. The molecule has 0 saturated heterocycles. The average molecular weight is 273 g/mol. The topological polar surface area (TPSA) is 58.9 Å². The van der Waals surface area contributed by atoms with Crippen molar-refractivity contribution in [3.8, 4) is 11.3 Å². The Morgan fingerprint density at radius 1 is 1.11 bits per heavy atom. The number of non-ortho nitro benzene ring substituents is 1. The van der Waals surface area contributed by atoms with Gasteiger partial charge in [-0.25, -0.2) is 0 Å². The molecule has 1 heterocycles. The summed E-state index contributed by atoms with van der Waals surface area (Å²) in [5.74, 6) is 0. The van der Waals surface area contributed by atoms with Crippen molar-refractivity contribution in [2.45, 2.75) is 0 Å². The normalized spacial score (nSPS) is 10.8. The Bertz CT molecular complexity index is 780. The van der Waals surface area contributed by atoms with E-state index in [9.17, 15) is 10.1 Å². The molecule has 1 N–H and O–H groups in total. The molecule has 1 aromatic heterocycles. The molecule has 0 fully saturated rings. The van der Waals surface area contributed by atoms with Crippen LogP contribution in [0.1, 0.15) is 0 Å². The van der Waals surface area contributed by atoms with Gasteiger partial charge in [-0.2, -0.15) is 0 Å². The van der Waals surface area contributed by atoms with Gasteiger partial charge in [0.25, 0.3) is 5.69 Å². The van der Waals surface area contributed by atoms with Crippen molar-refractivity contribution in [3.05, 3.63) is 63.7 Å². The van der Waals surface area contributed by atoms with Crippen molar-refractivity contribution < 1.29 is 4.92 Å². The molecule has 94 valence electrons. The first-order chi connectivity index (χ1) is 9.13. The van der Waals surface area contributed by atoms with Gasteiger partial charge in [-0.3, -0.25) is 10.1 Å². The third-order valence-electron chi connectivity index (χ3n) is 2.95. The first-order valence-electron chi connectivity index (χ1n) is 5.66. The summed E-state index contributed by atoms with van der Waals surface area (Å²) in [7, 11) is 0. The smallest absolute Gasteiger partial charge is 0.270 e. The van der Waals surface area contributed by atoms with E-state index >= 15 is 0 Å². The minimum absolute atomic E-state index is 0.0780. The van der Waals surface area contributed by atoms with Crippen LogP contribution in [-0.2, 0) is 0 Å². The van der Waals surface area contributed by atoms with E-state index in [1.165, 1.54) is 6.07 Å². The molecule has 0 spiro atoms. The van der Waals surface area contributed by atoms with Crippen molar-refractivity contribution in [2.75, 3.05) is 0 Å². The molecular weight excluding hydrogens is 264 g/mol. The lowest BCUT2D eigenvalue weighted by atomic mass is 10.1. The SMILES string of the molecule is O=[N+]([O-])c1cccc(-c2cc3ccc(Cl)cc3[nH]2)c1. The number of nitro benzene ring substituents is 1. The third-order valence-corrected chi connectivity index (χ3v) is 3.19. The van der Waals surface area contributed by atoms with Crippen LogP contribution in [-0.4, -0.2) is 9.91 Å². The van der Waals surface area contributed by atoms with Crippen LogP contribution >= 0.6 is 11.6 Å². The molecule has 0 radical (unpaired) electrons. The van der Waals surface area contributed by atoms with Gasteiger partial charge in [0.05, 0.1) is 4.92 Å². The summed E-state index contributed by atoms with van der Waals surface area (Å²) in [4.78, 5) is 13.6. The van der Waals surface area contributed by atoms with Crippen LogP contribution in [0.15, 0.2) is 48.5 Å². The second-order valence-electron chi connectivity index (χ2n) is 4.22. The van der Waals surface area contributed by atoms with Crippen molar-refractivity contribution in [3.63, 3.8) is 0 Å². The van der Waals surface area contributed by atoms with Gasteiger partial charge >= 0.3 is 0 Å². The van der Waals surface area contributed by atoms with E-state index < -0.39 is 4.92 Å². The highest BCUT2D eigenvalue weighted by Crippen LogP contribution is 2.28. The quantitative estimate of drug-likeness (QED) is 0.555. The van der Waals surface area contributed by atoms with Gasteiger partial charge in [-0.1, -0.05) is 29.8 Å². The van der Waals surface area contributed by atoms with Crippen LogP contribution in [0.3, 0.4) is 0 Å². The second kappa shape index (κ2) is 4.40. The molecule has 2 aromatic carbocycles. The first-order valence-corrected chi connectivity index (χ1v) is 6.04. The van der Waals surface area contributed by atoms with Gasteiger partial charge in [0.2, 0.25) is 0 Å². The molecule has 5 heteroatoms. The zero-order valence-corrected chi connectivity index (χ0v) is 10.5. The maximum Gasteiger partial charge on any atom is 0.270 e. The first kappa shape index (κ1) is 11.7. The van der Waals surface area contributed by atoms with Crippen LogP contribution in [0, 0.1) is 10.1 Å². The van der Waals surface area contributed by atoms with E-state index in [2.05, 4.69) is 4.98 Å². The lowest BCUT2D eigenvalue weighted by Gasteiger charge is -1.97. The summed E-state index contributed by atoms with van der Waals surface area (Å²) in [6, 6.07) is 14.0. The number of hydrogen-bond donors (Lipinski definition) is 1. The molecule has 0 aliphatic carbocycles. The highest BCUT2D eigenvalue weighted by Gasteiger charge is 2.09. The fraction of sp³-hybridized carbons (Fsp3) is 0. The molecule has 0 aliphatic rings. The zero-order chi connectivity index (χ0) is 13.4. The van der Waals surface area contributed by atoms with E-state index in [0.717, 1.165) is 22.2 Å². The Labute approximate surface area is 113 Å². The number of aromatic nitrogens is 1. The molecule has 0 unspecified atom stereocenters. The zero-order valence-electron chi connectivity index (χ0n) is 9.76. The number of halogens is 1. The second-order valence-corrected chi connectivity index (χ2v) is 4.66. The Kier molecular flexibility index (Phi) is 2.72. The molecular formula is C14H9ClN2O2. The number of benzene rings is 2. The number of aromatic amines is 1. The van der Waals surface area contributed by atoms with Crippen LogP contribution in [0.5, 0.6) is 0 Å². The average Bonchev–Trinajstić information content (AvgIpc) is 2.81. The van der Waals surface area contributed by atoms with E-state index in [1.54, 1.807) is 12.1 Å². The number of nitrogens with one attached hydrogen (secondary N) is 1. The monoisotopic (exact) mass is 272 g/mol. The van der Waals surface area contributed by atoms with Crippen LogP contribution < -0.4 is 0 Å². The summed E-state index contributed by atoms with van der Waals surface area (Å²) in [6.07, 6.45) is 0. The number of hydrogen-bond acceptors (Lipinski definition) is 2. The summed E-state index contributed by atoms with van der Waals surface area (Å²) in [5.41, 5.74) is 2.60. The van der Waals surface area contributed by atoms with Crippen LogP contribution in [0.4, 0.5) is 5.69 Å². The molecule has 0 saturated carbocycles. The van der Waals surface area contributed by atoms with Crippen molar-refractivity contribution >= 4 is 28.2 Å². The Morgan fingerprint density at radius 2 is 1.95 bits per heavy atom. The Hall–Kier alpha value is -2.33. The number of fused-ring (bicyclic) bond motifs is 1. The maximum absolute atomic E-state index is 10.8. The highest BCUT2D eigenvalue weighted by molar-refractivity contribution is 6.31. The molecule has 3 aromatic rings. The molecule has 3 rings (SSSR count). The standard InChI is InChI=1S/C14H9ClN2O2/c15-11-5-4-10-7-13(16-14(10)8-11)9-2-1-3-12(6-9)17(18)19/h1-8,16H. The van der Waals surface area contributed by atoms with Gasteiger partial charge < -0.3 is 4.98 Å². The van der Waals surface area contributed by atoms with E-state index in [4.69, 9.17) is 11.6 Å². The summed E-state index contributed by atoms with van der Waals surface area (Å²) in [6.45, 7) is 0. The number of nitrogens with zero attached hydrogens (tertiary/aromatic N) is 1. The van der Waals surface area contributed by atoms with Gasteiger partial charge in [0, 0.05) is 39.3 Å². The van der Waals surface area contributed by atoms with Crippen molar-refractivity contribution in [1.29, 1.82) is 0 Å². The summed E-state index contributed by atoms with van der Waals surface area (Å²) >= 11 is 5.93. The number of rotatable bonds is 2. The van der Waals surface area contributed by atoms with Gasteiger partial charge in [0.15, 0.2) is 0 Å². The van der Waals surface area contributed by atoms with E-state index in [0.29, 0.717) is 5.02 Å². The molecule has 0 amide bonds. The predicted molar refractivity (Wildman–Crippen MR) is 75.4 cm³/mol. The maximum atomic E-state index is 10.8. The van der Waals surface area contributed by atoms with Gasteiger partial charge in [-0.05, 0) is 18.2 Å². The largest absolute Gasteiger partial charge is 0.354 e. The molecule has 0 aliphatic heterocycles. The molecule has 0 bridgehead atoms. The van der Waals surface area contributed by atoms with E-state index in [1.807, 2.05) is 30.3 Å². The fourth-order valence-electron chi connectivity index (χ4n) is 2.04. The molecule has 0 atom stereocenters. The minimum Gasteiger partial charge on any atom is -0.354 e. The van der Waals surface area contributed by atoms with Crippen molar-refractivity contribution in [1.82, 2.24) is 4.98 Å².